The Kier molecular flexibility index (Phi) is 1.87. The number of nitrogens with two attached hydrogens (primary N) is 1. The van der Waals surface area contributed by atoms with Gasteiger partial charge in [-0.15, -0.1) is 0 Å². The first-order valence-corrected chi connectivity index (χ1v) is 3.05. The van der Waals surface area contributed by atoms with E-state index in [-0.39, 0.29) is 4.87 Å². The fourth-order valence-corrected chi connectivity index (χ4v) is 0.798. The summed E-state index contributed by atoms with van der Waals surface area (Å²) in [6.07, 6.45) is 0. The minimum absolute atomic E-state index is 0.270. The molecule has 3 nitrogen and oxygen atoms in total. The average Bonchev–Trinajstić information content (AvgIpc) is 1.88. The van der Waals surface area contributed by atoms with Gasteiger partial charge >= 0.3 is 0 Å². The van der Waals surface area contributed by atoms with Gasteiger partial charge in [0.15, 0.2) is 4.87 Å². The molecule has 0 heterocycles. The summed E-state index contributed by atoms with van der Waals surface area (Å²) in [7, 11) is 0. The molecule has 0 aliphatic carbocycles. The van der Waals surface area contributed by atoms with Gasteiger partial charge in [0, 0.05) is 17.2 Å². The van der Waals surface area contributed by atoms with Gasteiger partial charge in [-0.25, -0.2) is 0 Å². The molecule has 0 spiro atoms. The molecule has 1 aromatic rings. The van der Waals surface area contributed by atoms with Crippen molar-refractivity contribution >= 4 is 17.3 Å². The van der Waals surface area contributed by atoms with E-state index in [1.165, 1.54) is 6.07 Å². The van der Waals surface area contributed by atoms with Crippen molar-refractivity contribution in [2.45, 2.75) is 0 Å². The molecule has 0 radical (unpaired) electrons. The number of hydrogen-bond acceptors (Lipinski definition) is 1. The van der Waals surface area contributed by atoms with Crippen LogP contribution in [0.15, 0.2) is 24.3 Å². The van der Waals surface area contributed by atoms with E-state index < -0.39 is 0 Å². The molecule has 0 atom stereocenters. The van der Waals surface area contributed by atoms with Crippen molar-refractivity contribution in [1.82, 2.24) is 0 Å². The molecule has 2 N–H and O–H groups in total. The summed E-state index contributed by atoms with van der Waals surface area (Å²) >= 11 is 5.57. The minimum Gasteiger partial charge on any atom is -0.159 e. The number of benzene rings is 1. The quantitative estimate of drug-likeness (QED) is 0.383. The van der Waals surface area contributed by atoms with Crippen LogP contribution in [-0.4, -0.2) is 4.87 Å². The summed E-state index contributed by atoms with van der Waals surface area (Å²) in [6.45, 7) is 0. The van der Waals surface area contributed by atoms with E-state index in [0.717, 1.165) is 0 Å². The van der Waals surface area contributed by atoms with Crippen molar-refractivity contribution in [2.75, 3.05) is 0 Å². The van der Waals surface area contributed by atoms with Crippen molar-refractivity contribution in [3.8, 4) is 0 Å². The van der Waals surface area contributed by atoms with Gasteiger partial charge in [-0.2, -0.15) is 5.84 Å². The Morgan fingerprint density at radius 2 is 2.20 bits per heavy atom. The molecule has 0 amide bonds. The van der Waals surface area contributed by atoms with Gasteiger partial charge in [0.2, 0.25) is 0 Å². The molecule has 0 aromatic heterocycles. The van der Waals surface area contributed by atoms with Gasteiger partial charge < -0.3 is 0 Å². The second-order valence-corrected chi connectivity index (χ2v) is 2.24. The van der Waals surface area contributed by atoms with E-state index in [2.05, 4.69) is 0 Å². The van der Waals surface area contributed by atoms with Gasteiger partial charge in [-0.1, -0.05) is 17.7 Å². The number of hydrogen-bond donors (Lipinski definition) is 1. The van der Waals surface area contributed by atoms with Gasteiger partial charge in [0.25, 0.3) is 5.69 Å². The van der Waals surface area contributed by atoms with Gasteiger partial charge in [0.1, 0.15) is 0 Å². The Morgan fingerprint density at radius 3 is 2.60 bits per heavy atom. The Balaban J connectivity index is 3.07. The lowest BCUT2D eigenvalue weighted by atomic mass is 10.3. The third-order valence-corrected chi connectivity index (χ3v) is 1.30. The number of halogens is 1. The second-order valence-electron chi connectivity index (χ2n) is 1.81. The van der Waals surface area contributed by atoms with Crippen molar-refractivity contribution in [3.63, 3.8) is 0 Å². The first-order valence-electron chi connectivity index (χ1n) is 2.67. The molecule has 0 fully saturated rings. The summed E-state index contributed by atoms with van der Waals surface area (Å²) in [5.74, 6) is 4.90. The maximum Gasteiger partial charge on any atom is 0.293 e. The van der Waals surface area contributed by atoms with Crippen LogP contribution in [0.1, 0.15) is 0 Å². The summed E-state index contributed by atoms with van der Waals surface area (Å²) in [6, 6.07) is 6.41. The molecule has 10 heavy (non-hydrogen) atoms. The fourth-order valence-electron chi connectivity index (χ4n) is 0.613. The van der Waals surface area contributed by atoms with Crippen LogP contribution in [0.5, 0.6) is 0 Å². The number of nitrogens with zero attached hydrogens (tertiary/aromatic N) is 1. The Bertz CT molecular complexity index is 262. The molecule has 0 saturated heterocycles. The molecule has 1 aromatic carbocycles. The van der Waals surface area contributed by atoms with Crippen LogP contribution >= 0.6 is 11.6 Å². The monoisotopic (exact) mass is 157 g/mol. The molecule has 1 rings (SSSR count). The number of nitroso groups, excluding NO2 is 1. The summed E-state index contributed by atoms with van der Waals surface area (Å²) in [4.78, 5) is 10.7. The van der Waals surface area contributed by atoms with Crippen LogP contribution in [0, 0.1) is 4.91 Å². The van der Waals surface area contributed by atoms with E-state index in [1.54, 1.807) is 18.2 Å². The molecular weight excluding hydrogens is 152 g/mol. The first kappa shape index (κ1) is 7.02. The molecule has 52 valence electrons. The van der Waals surface area contributed by atoms with Crippen molar-refractivity contribution in [1.29, 1.82) is 0 Å². The fraction of sp³-hybridized carbons (Fsp3) is 0. The molecule has 0 bridgehead atoms. The summed E-state index contributed by atoms with van der Waals surface area (Å²) < 4.78 is 0. The van der Waals surface area contributed by atoms with E-state index in [0.29, 0.717) is 10.7 Å². The lowest BCUT2D eigenvalue weighted by molar-refractivity contribution is -0.474. The molecular formula is C6H6ClN2O+. The third kappa shape index (κ3) is 1.45. The Hall–Kier alpha value is -1.09. The summed E-state index contributed by atoms with van der Waals surface area (Å²) in [5, 5.41) is 0.504. The highest BCUT2D eigenvalue weighted by Gasteiger charge is 2.06. The Labute approximate surface area is 62.9 Å². The van der Waals surface area contributed by atoms with Crippen LogP contribution in [0.3, 0.4) is 0 Å². The summed E-state index contributed by atoms with van der Waals surface area (Å²) in [5.41, 5.74) is 0.354. The van der Waals surface area contributed by atoms with E-state index >= 15 is 0 Å². The normalized spacial score (nSPS) is 9.30. The zero-order valence-electron chi connectivity index (χ0n) is 5.12. The third-order valence-electron chi connectivity index (χ3n) is 1.06. The largest absolute Gasteiger partial charge is 0.293 e. The minimum atomic E-state index is 0.270. The van der Waals surface area contributed by atoms with Crippen molar-refractivity contribution in [3.05, 3.63) is 34.2 Å². The highest BCUT2D eigenvalue weighted by molar-refractivity contribution is 6.30. The molecule has 0 saturated carbocycles. The van der Waals surface area contributed by atoms with Gasteiger partial charge in [0.05, 0.1) is 4.91 Å². The SMILES string of the molecule is N[N+](=O)c1cccc(Cl)c1. The van der Waals surface area contributed by atoms with Gasteiger partial charge in [-0.3, -0.25) is 0 Å². The van der Waals surface area contributed by atoms with Crippen LogP contribution in [0.4, 0.5) is 5.69 Å². The van der Waals surface area contributed by atoms with Crippen LogP contribution < -0.4 is 5.84 Å². The zero-order chi connectivity index (χ0) is 7.56. The van der Waals surface area contributed by atoms with E-state index in [9.17, 15) is 4.91 Å². The zero-order valence-corrected chi connectivity index (χ0v) is 5.88. The first-order chi connectivity index (χ1) is 4.70. The maximum absolute atomic E-state index is 10.4. The van der Waals surface area contributed by atoms with E-state index in [1.807, 2.05) is 0 Å². The van der Waals surface area contributed by atoms with Crippen molar-refractivity contribution in [2.24, 2.45) is 5.84 Å². The van der Waals surface area contributed by atoms with Crippen LogP contribution in [-0.2, 0) is 0 Å². The maximum atomic E-state index is 10.4. The molecule has 0 unspecified atom stereocenters. The lowest BCUT2D eigenvalue weighted by Crippen LogP contribution is -2.08. The van der Waals surface area contributed by atoms with E-state index in [4.69, 9.17) is 17.4 Å². The molecule has 0 aliphatic heterocycles. The Morgan fingerprint density at radius 1 is 1.50 bits per heavy atom. The molecule has 0 aliphatic rings. The highest BCUT2D eigenvalue weighted by atomic mass is 35.5. The predicted octanol–water partition coefficient (Wildman–Crippen LogP) is 1.62. The van der Waals surface area contributed by atoms with Crippen LogP contribution in [0.25, 0.3) is 0 Å². The molecule has 4 heteroatoms. The highest BCUT2D eigenvalue weighted by Crippen LogP contribution is 2.15. The number of hydrazine groups is 1. The van der Waals surface area contributed by atoms with Crippen molar-refractivity contribution < 1.29 is 4.87 Å². The average molecular weight is 158 g/mol. The number of rotatable bonds is 1. The second kappa shape index (κ2) is 2.66. The smallest absolute Gasteiger partial charge is 0.159 e. The predicted molar refractivity (Wildman–Crippen MR) is 38.9 cm³/mol. The van der Waals surface area contributed by atoms with Crippen LogP contribution in [0.2, 0.25) is 5.02 Å². The topological polar surface area (TPSA) is 46.1 Å². The standard InChI is InChI=1S/C6H6ClN2O/c7-5-2-1-3-6(4-5)9(8)10/h1-4H,(H2,8,10)/q+1. The lowest BCUT2D eigenvalue weighted by Gasteiger charge is -1.85. The van der Waals surface area contributed by atoms with Gasteiger partial charge in [-0.05, 0) is 6.07 Å².